The number of anilines is 1. The summed E-state index contributed by atoms with van der Waals surface area (Å²) in [5, 5.41) is 8.29. The van der Waals surface area contributed by atoms with Crippen LogP contribution in [0.1, 0.15) is 57.6 Å². The molecule has 1 saturated carbocycles. The van der Waals surface area contributed by atoms with Gasteiger partial charge in [0.1, 0.15) is 24.2 Å². The van der Waals surface area contributed by atoms with Gasteiger partial charge in [-0.3, -0.25) is 9.69 Å². The SMILES string of the molecule is COC(=O)CCC(C(C)C)N1CC2(CCN(c3ncnnc3Oc3ccc(F)cc3-c3cncnc3C3CC3)C2)C1. The van der Waals surface area contributed by atoms with Gasteiger partial charge < -0.3 is 14.4 Å². The summed E-state index contributed by atoms with van der Waals surface area (Å²) in [5.74, 6) is 1.66. The van der Waals surface area contributed by atoms with Crippen molar-refractivity contribution in [2.24, 2.45) is 11.3 Å². The minimum absolute atomic E-state index is 0.155. The molecule has 1 aliphatic carbocycles. The molecule has 2 saturated heterocycles. The Balaban J connectivity index is 1.19. The summed E-state index contributed by atoms with van der Waals surface area (Å²) in [5.41, 5.74) is 2.42. The quantitative estimate of drug-likeness (QED) is 0.325. The van der Waals surface area contributed by atoms with Gasteiger partial charge in [0.15, 0.2) is 5.82 Å². The second-order valence-electron chi connectivity index (χ2n) is 11.9. The van der Waals surface area contributed by atoms with Crippen molar-refractivity contribution in [1.29, 1.82) is 0 Å². The van der Waals surface area contributed by atoms with Crippen LogP contribution in [-0.2, 0) is 9.53 Å². The molecule has 3 aliphatic rings. The maximum Gasteiger partial charge on any atom is 0.305 e. The van der Waals surface area contributed by atoms with E-state index in [1.807, 2.05) is 0 Å². The summed E-state index contributed by atoms with van der Waals surface area (Å²) >= 11 is 0. The third-order valence-corrected chi connectivity index (χ3v) is 8.64. The van der Waals surface area contributed by atoms with Crippen molar-refractivity contribution in [3.8, 4) is 22.8 Å². The number of esters is 1. The maximum atomic E-state index is 14.4. The average molecular weight is 562 g/mol. The first-order valence-electron chi connectivity index (χ1n) is 14.4. The molecule has 10 nitrogen and oxygen atoms in total. The Bertz CT molecular complexity index is 1410. The number of likely N-dealkylation sites (tertiary alicyclic amines) is 1. The van der Waals surface area contributed by atoms with Crippen LogP contribution in [0.3, 0.4) is 0 Å². The fraction of sp³-hybridized carbons (Fsp3) is 0.533. The van der Waals surface area contributed by atoms with Gasteiger partial charge in [-0.15, -0.1) is 10.2 Å². The number of hydrogen-bond acceptors (Lipinski definition) is 10. The Labute approximate surface area is 239 Å². The molecular weight excluding hydrogens is 525 g/mol. The van der Waals surface area contributed by atoms with Crippen LogP contribution in [0, 0.1) is 17.2 Å². The highest BCUT2D eigenvalue weighted by molar-refractivity contribution is 5.73. The van der Waals surface area contributed by atoms with Crippen molar-refractivity contribution < 1.29 is 18.7 Å². The number of carbonyl (C=O) groups excluding carboxylic acids is 1. The fourth-order valence-corrected chi connectivity index (χ4v) is 6.41. The zero-order valence-corrected chi connectivity index (χ0v) is 23.8. The largest absolute Gasteiger partial charge is 0.469 e. The molecule has 1 atom stereocenters. The van der Waals surface area contributed by atoms with Crippen LogP contribution in [0.25, 0.3) is 11.1 Å². The number of hydrogen-bond donors (Lipinski definition) is 0. The van der Waals surface area contributed by atoms with Crippen molar-refractivity contribution in [3.63, 3.8) is 0 Å². The molecule has 2 aromatic heterocycles. The molecule has 216 valence electrons. The summed E-state index contributed by atoms with van der Waals surface area (Å²) in [6, 6.07) is 4.79. The third-order valence-electron chi connectivity index (χ3n) is 8.64. The Kier molecular flexibility index (Phi) is 7.54. The van der Waals surface area contributed by atoms with E-state index in [2.05, 4.69) is 48.8 Å². The summed E-state index contributed by atoms with van der Waals surface area (Å²) in [6.45, 7) is 8.03. The molecule has 11 heteroatoms. The van der Waals surface area contributed by atoms with E-state index in [-0.39, 0.29) is 23.1 Å². The second kappa shape index (κ2) is 11.3. The van der Waals surface area contributed by atoms with Crippen LogP contribution in [0.5, 0.6) is 11.6 Å². The molecule has 3 fully saturated rings. The molecular formula is C30H36FN7O3. The maximum absolute atomic E-state index is 14.4. The van der Waals surface area contributed by atoms with Crippen molar-refractivity contribution >= 4 is 11.8 Å². The average Bonchev–Trinajstić information content (AvgIpc) is 3.71. The van der Waals surface area contributed by atoms with Crippen molar-refractivity contribution in [1.82, 2.24) is 30.0 Å². The van der Waals surface area contributed by atoms with Gasteiger partial charge >= 0.3 is 5.97 Å². The lowest BCUT2D eigenvalue weighted by molar-refractivity contribution is -0.141. The summed E-state index contributed by atoms with van der Waals surface area (Å²) in [7, 11) is 1.44. The van der Waals surface area contributed by atoms with E-state index >= 15 is 0 Å². The third kappa shape index (κ3) is 5.72. The number of halogens is 1. The molecule has 1 aromatic carbocycles. The van der Waals surface area contributed by atoms with Crippen molar-refractivity contribution in [3.05, 3.63) is 48.6 Å². The molecule has 0 bridgehead atoms. The number of benzene rings is 1. The van der Waals surface area contributed by atoms with Gasteiger partial charge in [-0.25, -0.2) is 19.3 Å². The normalized spacial score (nSPS) is 18.9. The first kappa shape index (κ1) is 27.4. The highest BCUT2D eigenvalue weighted by Gasteiger charge is 2.50. The second-order valence-corrected chi connectivity index (χ2v) is 11.9. The Morgan fingerprint density at radius 1 is 1.15 bits per heavy atom. The number of aromatic nitrogens is 5. The fourth-order valence-electron chi connectivity index (χ4n) is 6.41. The minimum atomic E-state index is -0.363. The van der Waals surface area contributed by atoms with Crippen LogP contribution in [-0.4, -0.2) is 75.3 Å². The molecule has 0 radical (unpaired) electrons. The van der Waals surface area contributed by atoms with Crippen molar-refractivity contribution in [2.45, 2.75) is 57.9 Å². The molecule has 4 heterocycles. The molecule has 0 amide bonds. The van der Waals surface area contributed by atoms with Gasteiger partial charge in [-0.1, -0.05) is 13.8 Å². The molecule has 3 aromatic rings. The number of ether oxygens (including phenoxy) is 2. The summed E-state index contributed by atoms with van der Waals surface area (Å²) in [6.07, 6.45) is 9.08. The Morgan fingerprint density at radius 2 is 1.98 bits per heavy atom. The smallest absolute Gasteiger partial charge is 0.305 e. The van der Waals surface area contributed by atoms with Crippen LogP contribution >= 0.6 is 0 Å². The van der Waals surface area contributed by atoms with Gasteiger partial charge in [-0.2, -0.15) is 0 Å². The lowest BCUT2D eigenvalue weighted by Crippen LogP contribution is -2.62. The predicted molar refractivity (Wildman–Crippen MR) is 150 cm³/mol. The number of carbonyl (C=O) groups is 1. The van der Waals surface area contributed by atoms with E-state index in [1.165, 1.54) is 31.9 Å². The highest BCUT2D eigenvalue weighted by atomic mass is 19.1. The number of nitrogens with zero attached hydrogens (tertiary/aromatic N) is 7. The first-order valence-corrected chi connectivity index (χ1v) is 14.4. The summed E-state index contributed by atoms with van der Waals surface area (Å²) in [4.78, 5) is 29.7. The van der Waals surface area contributed by atoms with Crippen LogP contribution < -0.4 is 9.64 Å². The van der Waals surface area contributed by atoms with E-state index in [9.17, 15) is 9.18 Å². The highest BCUT2D eigenvalue weighted by Crippen LogP contribution is 2.47. The van der Waals surface area contributed by atoms with E-state index in [1.54, 1.807) is 12.3 Å². The van der Waals surface area contributed by atoms with Crippen molar-refractivity contribution in [2.75, 3.05) is 38.2 Å². The van der Waals surface area contributed by atoms with E-state index < -0.39 is 0 Å². The molecule has 6 rings (SSSR count). The molecule has 1 spiro atoms. The predicted octanol–water partition coefficient (Wildman–Crippen LogP) is 4.63. The first-order chi connectivity index (χ1) is 19.9. The van der Waals surface area contributed by atoms with Gasteiger partial charge in [0, 0.05) is 67.3 Å². The number of rotatable bonds is 10. The van der Waals surface area contributed by atoms with Crippen LogP contribution in [0.4, 0.5) is 10.2 Å². The van der Waals surface area contributed by atoms with Crippen LogP contribution in [0.2, 0.25) is 0 Å². The monoisotopic (exact) mass is 561 g/mol. The zero-order chi connectivity index (χ0) is 28.6. The zero-order valence-electron chi connectivity index (χ0n) is 23.8. The van der Waals surface area contributed by atoms with Gasteiger partial charge in [0.25, 0.3) is 5.88 Å². The minimum Gasteiger partial charge on any atom is -0.469 e. The van der Waals surface area contributed by atoms with E-state index in [0.717, 1.165) is 63.1 Å². The molecule has 1 unspecified atom stereocenters. The lowest BCUT2D eigenvalue weighted by atomic mass is 9.76. The topological polar surface area (TPSA) is 106 Å². The lowest BCUT2D eigenvalue weighted by Gasteiger charge is -2.52. The van der Waals surface area contributed by atoms with Crippen LogP contribution in [0.15, 0.2) is 37.1 Å². The molecule has 0 N–H and O–H groups in total. The van der Waals surface area contributed by atoms with Gasteiger partial charge in [-0.05, 0) is 49.8 Å². The molecule has 2 aliphatic heterocycles. The summed E-state index contributed by atoms with van der Waals surface area (Å²) < 4.78 is 25.6. The van der Waals surface area contributed by atoms with Gasteiger partial charge in [0.2, 0.25) is 0 Å². The van der Waals surface area contributed by atoms with E-state index in [0.29, 0.717) is 41.4 Å². The Morgan fingerprint density at radius 3 is 2.73 bits per heavy atom. The number of methoxy groups -OCH3 is 1. The van der Waals surface area contributed by atoms with Gasteiger partial charge in [0.05, 0.1) is 12.8 Å². The Hall–Kier alpha value is -3.73. The van der Waals surface area contributed by atoms with E-state index in [4.69, 9.17) is 9.47 Å². The standard InChI is InChI=1S/C30H36FN7O3/c1-19(2)24(7-9-26(39)40-3)38-15-30(16-38)10-11-37(14-30)28-29(36-35-18-34-28)41-25-8-6-21(31)12-22(25)23-13-32-17-33-27(23)20-4-5-20/h6,8,12-13,17-20,24H,4-5,7,9-11,14-16H2,1-3H3. The molecule has 41 heavy (non-hydrogen) atoms.